The maximum absolute atomic E-state index is 12.7. The van der Waals surface area contributed by atoms with Crippen LogP contribution in [0.15, 0.2) is 59.5 Å². The van der Waals surface area contributed by atoms with Crippen molar-refractivity contribution >= 4 is 27.4 Å². The fourth-order valence-corrected chi connectivity index (χ4v) is 4.59. The molecule has 1 aliphatic rings. The predicted octanol–water partition coefficient (Wildman–Crippen LogP) is 1.83. The first-order valence-corrected chi connectivity index (χ1v) is 10.5. The molecule has 28 heavy (non-hydrogen) atoms. The number of para-hydroxylation sites is 1. The van der Waals surface area contributed by atoms with E-state index in [9.17, 15) is 18.0 Å². The number of carbonyl (C=O) groups excluding carboxylic acids is 2. The number of hydrogen-bond acceptors (Lipinski definition) is 5. The number of benzene rings is 2. The van der Waals surface area contributed by atoms with Gasteiger partial charge in [0.25, 0.3) is 0 Å². The van der Waals surface area contributed by atoms with Gasteiger partial charge in [0.15, 0.2) is 5.78 Å². The number of carbonyl (C=O) groups is 2. The second-order valence-corrected chi connectivity index (χ2v) is 8.49. The number of ketones is 1. The third-order valence-electron chi connectivity index (χ3n) is 4.71. The van der Waals surface area contributed by atoms with Crippen LogP contribution in [0.1, 0.15) is 17.3 Å². The van der Waals surface area contributed by atoms with E-state index in [-0.39, 0.29) is 36.2 Å². The molecule has 1 saturated heterocycles. The zero-order chi connectivity index (χ0) is 20.1. The third kappa shape index (κ3) is 4.40. The number of rotatable bonds is 6. The van der Waals surface area contributed by atoms with Gasteiger partial charge in [0.2, 0.25) is 15.9 Å². The van der Waals surface area contributed by atoms with Crippen LogP contribution in [0.4, 0.5) is 5.69 Å². The molecule has 8 heteroatoms. The van der Waals surface area contributed by atoms with E-state index in [0.717, 1.165) is 0 Å². The van der Waals surface area contributed by atoms with Crippen LogP contribution in [0.5, 0.6) is 0 Å². The van der Waals surface area contributed by atoms with Crippen molar-refractivity contribution in [1.82, 2.24) is 9.21 Å². The monoisotopic (exact) mass is 401 g/mol. The highest BCUT2D eigenvalue weighted by Crippen LogP contribution is 2.18. The largest absolute Gasteiger partial charge is 0.376 e. The summed E-state index contributed by atoms with van der Waals surface area (Å²) in [5, 5.41) is 3.02. The number of anilines is 1. The van der Waals surface area contributed by atoms with Gasteiger partial charge >= 0.3 is 0 Å². The molecule has 3 rings (SSSR count). The second kappa shape index (κ2) is 8.53. The molecular formula is C20H23N3O4S. The molecule has 7 nitrogen and oxygen atoms in total. The van der Waals surface area contributed by atoms with Crippen LogP contribution < -0.4 is 5.32 Å². The Bertz CT molecular complexity index is 952. The lowest BCUT2D eigenvalue weighted by atomic mass is 10.1. The zero-order valence-corrected chi connectivity index (χ0v) is 16.5. The summed E-state index contributed by atoms with van der Waals surface area (Å²) in [5.74, 6) is -0.203. The molecule has 148 valence electrons. The Kier molecular flexibility index (Phi) is 6.11. The number of piperazine rings is 1. The first-order chi connectivity index (χ1) is 13.4. The van der Waals surface area contributed by atoms with Crippen LogP contribution in [0, 0.1) is 0 Å². The number of amides is 1. The number of hydrogen-bond donors (Lipinski definition) is 1. The summed E-state index contributed by atoms with van der Waals surface area (Å²) in [7, 11) is -3.54. The molecular weight excluding hydrogens is 378 g/mol. The number of nitrogens with one attached hydrogen (secondary N) is 1. The fourth-order valence-electron chi connectivity index (χ4n) is 3.15. The van der Waals surface area contributed by atoms with E-state index in [1.165, 1.54) is 11.2 Å². The van der Waals surface area contributed by atoms with Crippen molar-refractivity contribution in [3.63, 3.8) is 0 Å². The Morgan fingerprint density at radius 1 is 0.929 bits per heavy atom. The molecule has 0 unspecified atom stereocenters. The van der Waals surface area contributed by atoms with E-state index < -0.39 is 10.0 Å². The molecule has 0 spiro atoms. The first-order valence-electron chi connectivity index (χ1n) is 9.06. The SMILES string of the molecule is CC(=O)c1ccccc1NCC(=O)N1CCN(S(=O)(=O)c2ccccc2)CC1. The van der Waals surface area contributed by atoms with Crippen LogP contribution >= 0.6 is 0 Å². The van der Waals surface area contributed by atoms with Crippen LogP contribution in [0.2, 0.25) is 0 Å². The normalized spacial score (nSPS) is 15.2. The topological polar surface area (TPSA) is 86.8 Å². The van der Waals surface area contributed by atoms with E-state index in [4.69, 9.17) is 0 Å². The van der Waals surface area contributed by atoms with Gasteiger partial charge in [-0.25, -0.2) is 8.42 Å². The van der Waals surface area contributed by atoms with Crippen molar-refractivity contribution < 1.29 is 18.0 Å². The average molecular weight is 401 g/mol. The lowest BCUT2D eigenvalue weighted by molar-refractivity contribution is -0.130. The Balaban J connectivity index is 1.57. The molecule has 0 aromatic heterocycles. The molecule has 0 aliphatic carbocycles. The first kappa shape index (κ1) is 20.0. The highest BCUT2D eigenvalue weighted by Gasteiger charge is 2.29. The van der Waals surface area contributed by atoms with Crippen LogP contribution in [-0.2, 0) is 14.8 Å². The molecule has 1 aliphatic heterocycles. The summed E-state index contributed by atoms with van der Waals surface area (Å²) in [4.78, 5) is 26.1. The highest BCUT2D eigenvalue weighted by molar-refractivity contribution is 7.89. The molecule has 1 amide bonds. The summed E-state index contributed by atoms with van der Waals surface area (Å²) in [6.45, 7) is 2.71. The van der Waals surface area contributed by atoms with Gasteiger partial charge in [-0.3, -0.25) is 9.59 Å². The van der Waals surface area contributed by atoms with Crippen molar-refractivity contribution in [3.8, 4) is 0 Å². The van der Waals surface area contributed by atoms with E-state index in [1.807, 2.05) is 0 Å². The fraction of sp³-hybridized carbons (Fsp3) is 0.300. The predicted molar refractivity (Wildman–Crippen MR) is 107 cm³/mol. The van der Waals surface area contributed by atoms with Crippen molar-refractivity contribution in [2.24, 2.45) is 0 Å². The van der Waals surface area contributed by atoms with E-state index in [0.29, 0.717) is 24.3 Å². The molecule has 0 radical (unpaired) electrons. The molecule has 1 fully saturated rings. The average Bonchev–Trinajstić information content (AvgIpc) is 2.73. The van der Waals surface area contributed by atoms with Gasteiger partial charge in [0, 0.05) is 37.4 Å². The summed E-state index contributed by atoms with van der Waals surface area (Å²) >= 11 is 0. The third-order valence-corrected chi connectivity index (χ3v) is 6.62. The Labute approximate surface area is 165 Å². The van der Waals surface area contributed by atoms with E-state index in [2.05, 4.69) is 5.32 Å². The van der Waals surface area contributed by atoms with Gasteiger partial charge in [0.05, 0.1) is 11.4 Å². The quantitative estimate of drug-likeness (QED) is 0.747. The molecule has 0 saturated carbocycles. The van der Waals surface area contributed by atoms with Crippen molar-refractivity contribution in [1.29, 1.82) is 0 Å². The molecule has 1 heterocycles. The van der Waals surface area contributed by atoms with Crippen LogP contribution in [-0.4, -0.2) is 62.0 Å². The van der Waals surface area contributed by atoms with Gasteiger partial charge in [-0.1, -0.05) is 30.3 Å². The minimum atomic E-state index is -3.54. The van der Waals surface area contributed by atoms with E-state index >= 15 is 0 Å². The van der Waals surface area contributed by atoms with Gasteiger partial charge in [-0.05, 0) is 31.2 Å². The Morgan fingerprint density at radius 2 is 1.54 bits per heavy atom. The summed E-state index contributed by atoms with van der Waals surface area (Å²) in [6.07, 6.45) is 0. The van der Waals surface area contributed by atoms with Crippen molar-refractivity contribution in [3.05, 3.63) is 60.2 Å². The maximum Gasteiger partial charge on any atom is 0.243 e. The molecule has 0 atom stereocenters. The smallest absolute Gasteiger partial charge is 0.243 e. The van der Waals surface area contributed by atoms with Gasteiger partial charge in [0.1, 0.15) is 0 Å². The Morgan fingerprint density at radius 3 is 2.18 bits per heavy atom. The van der Waals surface area contributed by atoms with Crippen molar-refractivity contribution in [2.75, 3.05) is 38.0 Å². The standard InChI is InChI=1S/C20H23N3O4S/c1-16(24)18-9-5-6-10-19(18)21-15-20(25)22-11-13-23(14-12-22)28(26,27)17-7-3-2-4-8-17/h2-10,21H,11-15H2,1H3. The number of nitrogens with zero attached hydrogens (tertiary/aromatic N) is 2. The zero-order valence-electron chi connectivity index (χ0n) is 15.7. The minimum absolute atomic E-state index is 0.0513. The summed E-state index contributed by atoms with van der Waals surface area (Å²) < 4.78 is 26.7. The second-order valence-electron chi connectivity index (χ2n) is 6.55. The van der Waals surface area contributed by atoms with E-state index in [1.54, 1.807) is 59.5 Å². The number of sulfonamides is 1. The lowest BCUT2D eigenvalue weighted by Crippen LogP contribution is -2.51. The van der Waals surface area contributed by atoms with Crippen LogP contribution in [0.25, 0.3) is 0 Å². The minimum Gasteiger partial charge on any atom is -0.376 e. The summed E-state index contributed by atoms with van der Waals surface area (Å²) in [6, 6.07) is 15.3. The lowest BCUT2D eigenvalue weighted by Gasteiger charge is -2.34. The molecule has 2 aromatic rings. The van der Waals surface area contributed by atoms with Crippen LogP contribution in [0.3, 0.4) is 0 Å². The van der Waals surface area contributed by atoms with Gasteiger partial charge in [-0.2, -0.15) is 4.31 Å². The van der Waals surface area contributed by atoms with Gasteiger partial charge in [-0.15, -0.1) is 0 Å². The van der Waals surface area contributed by atoms with Crippen molar-refractivity contribution in [2.45, 2.75) is 11.8 Å². The Hall–Kier alpha value is -2.71. The molecule has 2 aromatic carbocycles. The number of Topliss-reactive ketones (excluding diaryl/α,β-unsaturated/α-hetero) is 1. The van der Waals surface area contributed by atoms with Gasteiger partial charge < -0.3 is 10.2 Å². The summed E-state index contributed by atoms with van der Waals surface area (Å²) in [5.41, 5.74) is 1.16. The maximum atomic E-state index is 12.7. The highest BCUT2D eigenvalue weighted by atomic mass is 32.2. The molecule has 0 bridgehead atoms. The molecule has 1 N–H and O–H groups in total.